The molecule has 5 heteroatoms. The van der Waals surface area contributed by atoms with Crippen molar-refractivity contribution in [2.45, 2.75) is 27.2 Å². The molecule has 0 rings (SSSR count). The van der Waals surface area contributed by atoms with E-state index in [1.54, 1.807) is 26.0 Å². The molecular weight excluding hydrogens is 180 g/mol. The molecule has 0 saturated heterocycles. The summed E-state index contributed by atoms with van der Waals surface area (Å²) in [5, 5.41) is 1.74. The molecule has 0 atom stereocenters. The third-order valence-corrected chi connectivity index (χ3v) is 1.85. The van der Waals surface area contributed by atoms with E-state index in [0.29, 0.717) is 6.42 Å². The molecule has 0 unspecified atom stereocenters. The fourth-order valence-electron chi connectivity index (χ4n) is 0.489. The summed E-state index contributed by atoms with van der Waals surface area (Å²) in [6.07, 6.45) is 0.570. The van der Waals surface area contributed by atoms with Crippen molar-refractivity contribution >= 4 is 11.9 Å². The molecule has 0 aliphatic carbocycles. The van der Waals surface area contributed by atoms with Gasteiger partial charge in [0, 0.05) is 0 Å². The van der Waals surface area contributed by atoms with E-state index < -0.39 is 24.0 Å². The Balaban J connectivity index is 4.02. The number of hydrogen-bond acceptors (Lipinski definition) is 3. The van der Waals surface area contributed by atoms with Gasteiger partial charge in [0.15, 0.2) is 6.61 Å². The second kappa shape index (κ2) is 4.89. The molecule has 0 fully saturated rings. The minimum Gasteiger partial charge on any atom is -0.456 e. The Labute approximate surface area is 75.7 Å². The molecule has 0 aliphatic heterocycles. The Morgan fingerprint density at radius 2 is 2.08 bits per heavy atom. The second-order valence-electron chi connectivity index (χ2n) is 3.27. The summed E-state index contributed by atoms with van der Waals surface area (Å²) >= 11 is 0. The molecule has 0 N–H and O–H groups in total. The molecule has 0 amide bonds. The van der Waals surface area contributed by atoms with Crippen LogP contribution in [-0.2, 0) is 9.53 Å². The molecule has 0 heterocycles. The maximum Gasteiger partial charge on any atom is 0.311 e. The lowest BCUT2D eigenvalue weighted by atomic mass is 9.91. The van der Waals surface area contributed by atoms with Gasteiger partial charge < -0.3 is 4.74 Å². The van der Waals surface area contributed by atoms with Crippen LogP contribution in [0.2, 0.25) is 0 Å². The van der Waals surface area contributed by atoms with Crippen LogP contribution in [0.3, 0.4) is 0 Å². The smallest absolute Gasteiger partial charge is 0.311 e. The van der Waals surface area contributed by atoms with Crippen LogP contribution in [-0.4, -0.2) is 18.5 Å². The number of hydrogen-bond donors (Lipinski definition) is 0. The summed E-state index contributed by atoms with van der Waals surface area (Å²) in [6.45, 7) is 4.40. The van der Waals surface area contributed by atoms with Crippen molar-refractivity contribution in [2.24, 2.45) is 10.6 Å². The van der Waals surface area contributed by atoms with Gasteiger partial charge in [-0.25, -0.2) is 0 Å². The third-order valence-electron chi connectivity index (χ3n) is 1.85. The van der Waals surface area contributed by atoms with Crippen LogP contribution in [0.4, 0.5) is 8.87 Å². The molecule has 0 aliphatic rings. The highest BCUT2D eigenvalue weighted by atomic mass is 19.2. The Kier molecular flexibility index (Phi) is 4.51. The zero-order chi connectivity index (χ0) is 10.5. The van der Waals surface area contributed by atoms with Crippen molar-refractivity contribution in [3.63, 3.8) is 0 Å². The minimum absolute atomic E-state index is 0.561. The molecule has 0 bridgehead atoms. The van der Waals surface area contributed by atoms with Gasteiger partial charge >= 0.3 is 5.97 Å². The Morgan fingerprint density at radius 1 is 1.54 bits per heavy atom. The average Bonchev–Trinajstić information content (AvgIpc) is 2.13. The van der Waals surface area contributed by atoms with Crippen LogP contribution in [0.25, 0.3) is 0 Å². The van der Waals surface area contributed by atoms with E-state index >= 15 is 0 Å². The fourth-order valence-corrected chi connectivity index (χ4v) is 0.489. The molecule has 0 aromatic rings. The van der Waals surface area contributed by atoms with Crippen LogP contribution < -0.4 is 0 Å². The molecular formula is C8H13F2NO2. The minimum atomic E-state index is -1.33. The van der Waals surface area contributed by atoms with Crippen LogP contribution in [0.5, 0.6) is 0 Å². The van der Waals surface area contributed by atoms with Gasteiger partial charge in [0.1, 0.15) is 0 Å². The second-order valence-corrected chi connectivity index (χ2v) is 3.27. The maximum absolute atomic E-state index is 12.1. The van der Waals surface area contributed by atoms with Gasteiger partial charge in [0.25, 0.3) is 5.97 Å². The quantitative estimate of drug-likeness (QED) is 0.507. The number of rotatable bonds is 4. The van der Waals surface area contributed by atoms with E-state index in [4.69, 9.17) is 0 Å². The molecule has 0 spiro atoms. The zero-order valence-electron chi connectivity index (χ0n) is 7.93. The molecule has 76 valence electrons. The topological polar surface area (TPSA) is 38.7 Å². The highest BCUT2D eigenvalue weighted by Gasteiger charge is 2.27. The van der Waals surface area contributed by atoms with E-state index in [1.807, 2.05) is 0 Å². The van der Waals surface area contributed by atoms with Crippen molar-refractivity contribution in [1.82, 2.24) is 0 Å². The normalized spacial score (nSPS) is 12.8. The van der Waals surface area contributed by atoms with Crippen molar-refractivity contribution in [3.05, 3.63) is 0 Å². The summed E-state index contributed by atoms with van der Waals surface area (Å²) in [6, 6.07) is 0. The summed E-state index contributed by atoms with van der Waals surface area (Å²) in [4.78, 5) is 11.1. The van der Waals surface area contributed by atoms with E-state index in [1.165, 1.54) is 0 Å². The van der Waals surface area contributed by atoms with Gasteiger partial charge in [-0.3, -0.25) is 4.79 Å². The standard InChI is InChI=1S/C8H13F2NO2/c1-4-8(2,3)7(12)13-5-6(9)11-10/h4-5H2,1-3H3. The largest absolute Gasteiger partial charge is 0.456 e. The first kappa shape index (κ1) is 12.0. The highest BCUT2D eigenvalue weighted by molar-refractivity contribution is 5.81. The van der Waals surface area contributed by atoms with Gasteiger partial charge in [-0.1, -0.05) is 16.6 Å². The summed E-state index contributed by atoms with van der Waals surface area (Å²) in [7, 11) is 0. The molecule has 3 nitrogen and oxygen atoms in total. The van der Waals surface area contributed by atoms with Crippen molar-refractivity contribution < 1.29 is 18.4 Å². The van der Waals surface area contributed by atoms with Crippen LogP contribution >= 0.6 is 0 Å². The van der Waals surface area contributed by atoms with E-state index in [2.05, 4.69) is 4.74 Å². The van der Waals surface area contributed by atoms with Gasteiger partial charge in [0.05, 0.1) is 5.41 Å². The first-order valence-corrected chi connectivity index (χ1v) is 3.94. The number of carbonyl (C=O) groups excluding carboxylic acids is 1. The summed E-state index contributed by atoms with van der Waals surface area (Å²) in [5.74, 6) is -1.89. The van der Waals surface area contributed by atoms with Gasteiger partial charge in [-0.05, 0) is 20.3 Å². The lowest BCUT2D eigenvalue weighted by Crippen LogP contribution is -2.27. The highest BCUT2D eigenvalue weighted by Crippen LogP contribution is 2.21. The van der Waals surface area contributed by atoms with Crippen molar-refractivity contribution in [2.75, 3.05) is 6.61 Å². The Morgan fingerprint density at radius 3 is 2.46 bits per heavy atom. The number of esters is 1. The van der Waals surface area contributed by atoms with Crippen LogP contribution in [0.1, 0.15) is 27.2 Å². The predicted molar refractivity (Wildman–Crippen MR) is 44.7 cm³/mol. The van der Waals surface area contributed by atoms with Crippen LogP contribution in [0, 0.1) is 5.41 Å². The molecule has 0 saturated carbocycles. The Bertz CT molecular complexity index is 214. The lowest BCUT2D eigenvalue weighted by molar-refractivity contribution is -0.152. The first-order chi connectivity index (χ1) is 5.94. The van der Waals surface area contributed by atoms with E-state index in [0.717, 1.165) is 0 Å². The van der Waals surface area contributed by atoms with Gasteiger partial charge in [0.2, 0.25) is 0 Å². The third kappa shape index (κ3) is 3.96. The fraction of sp³-hybridized carbons (Fsp3) is 0.750. The number of carbonyl (C=O) groups is 1. The maximum atomic E-state index is 12.1. The number of ether oxygens (including phenoxy) is 1. The van der Waals surface area contributed by atoms with Gasteiger partial charge in [-0.15, -0.1) is 0 Å². The summed E-state index contributed by atoms with van der Waals surface area (Å²) in [5.41, 5.74) is -0.670. The number of nitrogens with zero attached hydrogens (tertiary/aromatic N) is 1. The lowest BCUT2D eigenvalue weighted by Gasteiger charge is -2.19. The average molecular weight is 193 g/mol. The molecule has 0 aromatic carbocycles. The number of halogens is 2. The van der Waals surface area contributed by atoms with Crippen molar-refractivity contribution in [1.29, 1.82) is 0 Å². The molecule has 0 aromatic heterocycles. The van der Waals surface area contributed by atoms with E-state index in [9.17, 15) is 13.7 Å². The Hall–Kier alpha value is -1.00. The van der Waals surface area contributed by atoms with Crippen LogP contribution in [0.15, 0.2) is 5.21 Å². The first-order valence-electron chi connectivity index (χ1n) is 3.94. The SMILES string of the molecule is CCC(C)(C)C(=O)OCC(F)=NF. The molecule has 0 radical (unpaired) electrons. The van der Waals surface area contributed by atoms with Crippen molar-refractivity contribution in [3.8, 4) is 0 Å². The summed E-state index contributed by atoms with van der Waals surface area (Å²) < 4.78 is 27.8. The monoisotopic (exact) mass is 193 g/mol. The van der Waals surface area contributed by atoms with E-state index in [-0.39, 0.29) is 0 Å². The zero-order valence-corrected chi connectivity index (χ0v) is 7.93. The predicted octanol–water partition coefficient (Wildman–Crippen LogP) is 2.22. The van der Waals surface area contributed by atoms with Gasteiger partial charge in [-0.2, -0.15) is 4.39 Å². The molecule has 13 heavy (non-hydrogen) atoms.